The predicted molar refractivity (Wildman–Crippen MR) is 34.5 cm³/mol. The number of hydrogen-bond donors (Lipinski definition) is 0. The average molecular weight is 157 g/mol. The number of hydrogen-bond acceptors (Lipinski definition) is 3. The van der Waals surface area contributed by atoms with E-state index in [1.165, 1.54) is 12.3 Å². The summed E-state index contributed by atoms with van der Waals surface area (Å²) in [6.45, 7) is 0. The fourth-order valence-corrected chi connectivity index (χ4v) is 0.598. The van der Waals surface area contributed by atoms with E-state index in [4.69, 9.17) is 0 Å². The molecule has 0 N–H and O–H groups in total. The minimum Gasteiger partial charge on any atom is -0.302 e. The minimum absolute atomic E-state index is 0.00926. The van der Waals surface area contributed by atoms with Gasteiger partial charge < -0.3 is 4.84 Å². The van der Waals surface area contributed by atoms with Crippen LogP contribution in [-0.4, -0.2) is 17.0 Å². The summed E-state index contributed by atoms with van der Waals surface area (Å²) in [6, 6.07) is 2.52. The molecule has 0 aliphatic rings. The number of pyridine rings is 1. The van der Waals surface area contributed by atoms with Gasteiger partial charge in [0.15, 0.2) is 4.92 Å². The molecule has 0 spiro atoms. The van der Waals surface area contributed by atoms with E-state index in [-0.39, 0.29) is 10.7 Å². The maximum atomic E-state index is 12.6. The zero-order valence-electron chi connectivity index (χ0n) is 5.82. The molecule has 1 aromatic rings. The summed E-state index contributed by atoms with van der Waals surface area (Å²) < 4.78 is 12.6. The Labute approximate surface area is 62.2 Å². The SMILES string of the molecule is CO[N+](=O)c1ncccc1F. The Hall–Kier alpha value is -1.52. The van der Waals surface area contributed by atoms with Crippen LogP contribution in [-0.2, 0) is 4.84 Å². The second-order valence-corrected chi connectivity index (χ2v) is 1.75. The van der Waals surface area contributed by atoms with Gasteiger partial charge in [-0.2, -0.15) is 4.39 Å². The molecule has 1 heterocycles. The summed E-state index contributed by atoms with van der Waals surface area (Å²) in [5, 5.41) is 0. The van der Waals surface area contributed by atoms with Crippen LogP contribution in [0.3, 0.4) is 0 Å². The molecule has 1 rings (SSSR count). The Balaban J connectivity index is 3.03. The molecule has 0 aliphatic heterocycles. The molecule has 0 aromatic carbocycles. The Bertz CT molecular complexity index is 277. The predicted octanol–water partition coefficient (Wildman–Crippen LogP) is 1.19. The van der Waals surface area contributed by atoms with Crippen molar-refractivity contribution in [2.24, 2.45) is 0 Å². The standard InChI is InChI=1S/C6H6FN2O2/c1-11-9(10)6-5(7)3-2-4-8-6/h2-4H,1H3/q+1. The van der Waals surface area contributed by atoms with Gasteiger partial charge in [0.2, 0.25) is 5.82 Å². The molecule has 11 heavy (non-hydrogen) atoms. The van der Waals surface area contributed by atoms with Gasteiger partial charge in [0, 0.05) is 0 Å². The Morgan fingerprint density at radius 3 is 3.00 bits per heavy atom. The molecule has 0 radical (unpaired) electrons. The maximum absolute atomic E-state index is 12.6. The van der Waals surface area contributed by atoms with Gasteiger partial charge in [0.25, 0.3) is 0 Å². The first-order valence-electron chi connectivity index (χ1n) is 2.87. The molecule has 0 saturated heterocycles. The fourth-order valence-electron chi connectivity index (χ4n) is 0.598. The first-order valence-corrected chi connectivity index (χ1v) is 2.87. The van der Waals surface area contributed by atoms with Gasteiger partial charge in [-0.3, -0.25) is 0 Å². The van der Waals surface area contributed by atoms with E-state index in [1.54, 1.807) is 0 Å². The third-order valence-corrected chi connectivity index (χ3v) is 1.08. The zero-order valence-corrected chi connectivity index (χ0v) is 5.82. The molecule has 0 aliphatic carbocycles. The second-order valence-electron chi connectivity index (χ2n) is 1.75. The molecule has 0 amide bonds. The van der Waals surface area contributed by atoms with Crippen molar-refractivity contribution in [3.05, 3.63) is 29.1 Å². The van der Waals surface area contributed by atoms with Crippen molar-refractivity contribution >= 4 is 5.82 Å². The average Bonchev–Trinajstić information content (AvgIpc) is 2.04. The zero-order chi connectivity index (χ0) is 8.27. The molecule has 0 bridgehead atoms. The van der Waals surface area contributed by atoms with Crippen LogP contribution >= 0.6 is 0 Å². The smallest absolute Gasteiger partial charge is 0.302 e. The third kappa shape index (κ3) is 1.49. The quantitative estimate of drug-likeness (QED) is 0.605. The van der Waals surface area contributed by atoms with Crippen LogP contribution in [0.15, 0.2) is 18.3 Å². The summed E-state index contributed by atoms with van der Waals surface area (Å²) >= 11 is 0. The van der Waals surface area contributed by atoms with E-state index >= 15 is 0 Å². The molecule has 0 saturated carbocycles. The van der Waals surface area contributed by atoms with Gasteiger partial charge >= 0.3 is 5.82 Å². The first-order chi connectivity index (χ1) is 5.25. The van der Waals surface area contributed by atoms with Crippen LogP contribution < -0.4 is 0 Å². The van der Waals surface area contributed by atoms with E-state index in [0.717, 1.165) is 13.2 Å². The van der Waals surface area contributed by atoms with E-state index in [0.29, 0.717) is 0 Å². The molecule has 4 nitrogen and oxygen atoms in total. The monoisotopic (exact) mass is 157 g/mol. The lowest BCUT2D eigenvalue weighted by Crippen LogP contribution is -2.02. The fraction of sp³-hybridized carbons (Fsp3) is 0.167. The second kappa shape index (κ2) is 3.05. The summed E-state index contributed by atoms with van der Waals surface area (Å²) in [4.78, 5) is 18.3. The Morgan fingerprint density at radius 1 is 1.73 bits per heavy atom. The van der Waals surface area contributed by atoms with E-state index < -0.39 is 5.82 Å². The van der Waals surface area contributed by atoms with E-state index in [1.807, 2.05) is 0 Å². The van der Waals surface area contributed by atoms with Gasteiger partial charge in [-0.1, -0.05) is 0 Å². The Morgan fingerprint density at radius 2 is 2.45 bits per heavy atom. The van der Waals surface area contributed by atoms with Crippen LogP contribution in [0, 0.1) is 10.7 Å². The van der Waals surface area contributed by atoms with Crippen molar-refractivity contribution in [3.8, 4) is 0 Å². The summed E-state index contributed by atoms with van der Waals surface area (Å²) in [5.41, 5.74) is 0. The lowest BCUT2D eigenvalue weighted by atomic mass is 10.4. The van der Waals surface area contributed by atoms with Gasteiger partial charge in [0.1, 0.15) is 13.3 Å². The lowest BCUT2D eigenvalue weighted by molar-refractivity contribution is -0.740. The van der Waals surface area contributed by atoms with Gasteiger partial charge in [-0.25, -0.2) is 0 Å². The van der Waals surface area contributed by atoms with Crippen LogP contribution in [0.1, 0.15) is 0 Å². The molecule has 58 valence electrons. The molecule has 0 fully saturated rings. The molecular weight excluding hydrogens is 151 g/mol. The maximum Gasteiger partial charge on any atom is 0.444 e. The third-order valence-electron chi connectivity index (χ3n) is 1.08. The molecular formula is C6H6FN2O2+. The van der Waals surface area contributed by atoms with Crippen molar-refractivity contribution < 1.29 is 14.2 Å². The van der Waals surface area contributed by atoms with Gasteiger partial charge in [0.05, 0.1) is 0 Å². The molecule has 0 atom stereocenters. The van der Waals surface area contributed by atoms with Gasteiger partial charge in [-0.15, -0.1) is 0 Å². The number of rotatable bonds is 2. The highest BCUT2D eigenvalue weighted by atomic mass is 19.1. The van der Waals surface area contributed by atoms with Crippen molar-refractivity contribution in [2.45, 2.75) is 0 Å². The van der Waals surface area contributed by atoms with Crippen LogP contribution in [0.25, 0.3) is 0 Å². The van der Waals surface area contributed by atoms with Crippen molar-refractivity contribution in [2.75, 3.05) is 7.11 Å². The summed E-state index contributed by atoms with van der Waals surface area (Å²) in [5.74, 6) is -1.07. The number of nitrogens with zero attached hydrogens (tertiary/aromatic N) is 2. The highest BCUT2D eigenvalue weighted by molar-refractivity contribution is 5.18. The van der Waals surface area contributed by atoms with Crippen LogP contribution in [0.4, 0.5) is 10.2 Å². The van der Waals surface area contributed by atoms with Crippen molar-refractivity contribution in [1.29, 1.82) is 0 Å². The first kappa shape index (κ1) is 7.59. The van der Waals surface area contributed by atoms with E-state index in [9.17, 15) is 9.30 Å². The molecule has 5 heteroatoms. The number of halogens is 1. The highest BCUT2D eigenvalue weighted by Crippen LogP contribution is 2.11. The van der Waals surface area contributed by atoms with Crippen molar-refractivity contribution in [1.82, 2.24) is 4.98 Å². The van der Waals surface area contributed by atoms with E-state index in [2.05, 4.69) is 9.82 Å². The lowest BCUT2D eigenvalue weighted by Gasteiger charge is -1.88. The van der Waals surface area contributed by atoms with Crippen molar-refractivity contribution in [3.63, 3.8) is 0 Å². The normalized spacial score (nSPS) is 9.27. The van der Waals surface area contributed by atoms with Crippen LogP contribution in [0.5, 0.6) is 0 Å². The molecule has 0 unspecified atom stereocenters. The highest BCUT2D eigenvalue weighted by Gasteiger charge is 2.19. The summed E-state index contributed by atoms with van der Waals surface area (Å²) in [6.07, 6.45) is 1.31. The van der Waals surface area contributed by atoms with Gasteiger partial charge in [-0.05, 0) is 22.0 Å². The minimum atomic E-state index is -0.704. The molecule has 1 aromatic heterocycles. The Kier molecular flexibility index (Phi) is 2.10. The largest absolute Gasteiger partial charge is 0.444 e. The van der Waals surface area contributed by atoms with Crippen LogP contribution in [0.2, 0.25) is 0 Å². The summed E-state index contributed by atoms with van der Waals surface area (Å²) in [7, 11) is 1.14. The topological polar surface area (TPSA) is 42.2 Å². The number of aromatic nitrogens is 1.